The standard InChI is InChI=1S/C30H42N4O8S/c1-21-10-11-23(16-24(21)18-34-17-22(2)42-26-8-6-7-9-27(26)43(34,37)38)28(30(3,4)29(35)36)41-20-25-19-33(32-31-25)12-13-40-15-14-39-5/h6-11,16,19,22,28,37-38H,12-15,17-18,20H2,1-5H3,(H,35,36). The summed E-state index contributed by atoms with van der Waals surface area (Å²) in [4.78, 5) is 12.7. The molecule has 13 heteroatoms. The molecule has 2 unspecified atom stereocenters. The first-order valence-corrected chi connectivity index (χ1v) is 15.6. The second kappa shape index (κ2) is 14.2. The fourth-order valence-electron chi connectivity index (χ4n) is 4.85. The first kappa shape index (κ1) is 32.9. The lowest BCUT2D eigenvalue weighted by molar-refractivity contribution is -0.158. The Labute approximate surface area is 254 Å². The Bertz CT molecular complexity index is 1380. The van der Waals surface area contributed by atoms with Gasteiger partial charge in [-0.1, -0.05) is 35.5 Å². The molecule has 0 saturated carbocycles. The number of benzene rings is 2. The maximum atomic E-state index is 12.4. The highest BCUT2D eigenvalue weighted by molar-refractivity contribution is 8.22. The van der Waals surface area contributed by atoms with Gasteiger partial charge in [-0.3, -0.25) is 13.9 Å². The van der Waals surface area contributed by atoms with E-state index < -0.39 is 28.3 Å². The predicted octanol–water partition coefficient (Wildman–Crippen LogP) is 4.93. The number of methoxy groups -OCH3 is 1. The lowest BCUT2D eigenvalue weighted by Gasteiger charge is -2.42. The first-order chi connectivity index (χ1) is 20.4. The van der Waals surface area contributed by atoms with Crippen molar-refractivity contribution in [2.45, 2.75) is 64.5 Å². The van der Waals surface area contributed by atoms with Gasteiger partial charge in [-0.2, -0.15) is 4.31 Å². The van der Waals surface area contributed by atoms with Crippen molar-refractivity contribution in [1.82, 2.24) is 19.3 Å². The number of ether oxygens (including phenoxy) is 4. The van der Waals surface area contributed by atoms with Crippen LogP contribution in [0.1, 0.15) is 49.3 Å². The van der Waals surface area contributed by atoms with E-state index in [1.54, 1.807) is 60.4 Å². The van der Waals surface area contributed by atoms with E-state index in [1.165, 1.54) is 0 Å². The second-order valence-electron chi connectivity index (χ2n) is 11.2. The van der Waals surface area contributed by atoms with E-state index in [9.17, 15) is 19.0 Å². The molecule has 0 fully saturated rings. The number of carbonyl (C=O) groups is 1. The van der Waals surface area contributed by atoms with Crippen LogP contribution < -0.4 is 4.74 Å². The zero-order chi connectivity index (χ0) is 31.2. The summed E-state index contributed by atoms with van der Waals surface area (Å²) in [6.07, 6.45) is 0.626. The van der Waals surface area contributed by atoms with Crippen LogP contribution in [0.4, 0.5) is 0 Å². The highest BCUT2D eigenvalue weighted by atomic mass is 32.3. The topological polar surface area (TPSA) is 149 Å². The van der Waals surface area contributed by atoms with Crippen LogP contribution in [-0.2, 0) is 38.7 Å². The van der Waals surface area contributed by atoms with Gasteiger partial charge in [0.05, 0.1) is 57.2 Å². The van der Waals surface area contributed by atoms with Crippen LogP contribution in [0.15, 0.2) is 53.6 Å². The molecule has 0 saturated heterocycles. The van der Waals surface area contributed by atoms with Crippen LogP contribution in [0.3, 0.4) is 0 Å². The number of carboxylic acids is 1. The number of rotatable bonds is 14. The Balaban J connectivity index is 1.55. The molecule has 1 aromatic heterocycles. The molecule has 0 amide bonds. The van der Waals surface area contributed by atoms with Crippen molar-refractivity contribution >= 4 is 16.7 Å². The number of hydrogen-bond donors (Lipinski definition) is 3. The highest BCUT2D eigenvalue weighted by Gasteiger charge is 2.40. The van der Waals surface area contributed by atoms with Gasteiger partial charge in [-0.25, -0.2) is 4.68 Å². The molecule has 4 rings (SSSR count). The molecular formula is C30H42N4O8S. The van der Waals surface area contributed by atoms with Crippen molar-refractivity contribution in [3.8, 4) is 5.75 Å². The molecule has 0 bridgehead atoms. The van der Waals surface area contributed by atoms with Crippen molar-refractivity contribution in [1.29, 1.82) is 0 Å². The zero-order valence-electron chi connectivity index (χ0n) is 25.3. The third-order valence-corrected chi connectivity index (χ3v) is 9.33. The average Bonchev–Trinajstić information content (AvgIpc) is 3.38. The van der Waals surface area contributed by atoms with Crippen molar-refractivity contribution < 1.29 is 38.0 Å². The quantitative estimate of drug-likeness (QED) is 0.211. The molecule has 2 atom stereocenters. The smallest absolute Gasteiger partial charge is 0.312 e. The summed E-state index contributed by atoms with van der Waals surface area (Å²) < 4.78 is 48.7. The third kappa shape index (κ3) is 7.92. The Morgan fingerprint density at radius 1 is 1.19 bits per heavy atom. The molecule has 2 heterocycles. The normalized spacial score (nSPS) is 18.3. The Kier molecular flexibility index (Phi) is 10.8. The van der Waals surface area contributed by atoms with Gasteiger partial charge < -0.3 is 24.1 Å². The van der Waals surface area contributed by atoms with Crippen molar-refractivity contribution in [3.05, 3.63) is 71.0 Å². The van der Waals surface area contributed by atoms with Gasteiger partial charge in [-0.05, 0) is 56.5 Å². The summed E-state index contributed by atoms with van der Waals surface area (Å²) in [5, 5.41) is 18.4. The third-order valence-electron chi connectivity index (χ3n) is 7.40. The molecule has 12 nitrogen and oxygen atoms in total. The van der Waals surface area contributed by atoms with Gasteiger partial charge in [0.25, 0.3) is 0 Å². The van der Waals surface area contributed by atoms with Gasteiger partial charge in [0, 0.05) is 13.7 Å². The summed E-state index contributed by atoms with van der Waals surface area (Å²) in [6.45, 7) is 9.57. The number of aliphatic carboxylic acids is 1. The SMILES string of the molecule is COCCOCCn1cc(COC(c2ccc(C)c(CN3CC(C)Oc4ccccc4S3(O)O)c2)C(C)(C)C(=O)O)nn1. The maximum absolute atomic E-state index is 12.4. The monoisotopic (exact) mass is 618 g/mol. The van der Waals surface area contributed by atoms with E-state index in [0.29, 0.717) is 48.3 Å². The van der Waals surface area contributed by atoms with Crippen LogP contribution in [0, 0.1) is 12.3 Å². The van der Waals surface area contributed by atoms with Crippen LogP contribution in [0.2, 0.25) is 0 Å². The van der Waals surface area contributed by atoms with Crippen LogP contribution >= 0.6 is 10.8 Å². The van der Waals surface area contributed by atoms with Gasteiger partial charge in [0.2, 0.25) is 0 Å². The van der Waals surface area contributed by atoms with Crippen LogP contribution in [0.5, 0.6) is 5.75 Å². The first-order valence-electron chi connectivity index (χ1n) is 14.1. The van der Waals surface area contributed by atoms with Crippen molar-refractivity contribution in [3.63, 3.8) is 0 Å². The van der Waals surface area contributed by atoms with Gasteiger partial charge >= 0.3 is 5.97 Å². The minimum absolute atomic E-state index is 0.0490. The molecule has 3 N–H and O–H groups in total. The molecule has 0 radical (unpaired) electrons. The maximum Gasteiger partial charge on any atom is 0.312 e. The number of aryl methyl sites for hydroxylation is 1. The molecule has 0 aliphatic carbocycles. The highest BCUT2D eigenvalue weighted by Crippen LogP contribution is 2.57. The zero-order valence-corrected chi connectivity index (χ0v) is 26.1. The predicted molar refractivity (Wildman–Crippen MR) is 161 cm³/mol. The lowest BCUT2D eigenvalue weighted by atomic mass is 9.81. The molecule has 43 heavy (non-hydrogen) atoms. The van der Waals surface area contributed by atoms with E-state index in [2.05, 4.69) is 10.3 Å². The summed E-state index contributed by atoms with van der Waals surface area (Å²) >= 11 is 0. The number of hydrogen-bond acceptors (Lipinski definition) is 10. The summed E-state index contributed by atoms with van der Waals surface area (Å²) in [5.41, 5.74) is 1.67. The van der Waals surface area contributed by atoms with E-state index in [0.717, 1.165) is 11.1 Å². The number of nitrogens with zero attached hydrogens (tertiary/aromatic N) is 4. The largest absolute Gasteiger partial charge is 0.487 e. The molecule has 1 aliphatic heterocycles. The fraction of sp³-hybridized carbons (Fsp3) is 0.500. The molecule has 0 spiro atoms. The van der Waals surface area contributed by atoms with Gasteiger partial charge in [0.1, 0.15) is 22.4 Å². The summed E-state index contributed by atoms with van der Waals surface area (Å²) in [5.74, 6) is -0.559. The average molecular weight is 619 g/mol. The molecule has 3 aromatic rings. The Morgan fingerprint density at radius 2 is 1.95 bits per heavy atom. The second-order valence-corrected chi connectivity index (χ2v) is 13.2. The number of para-hydroxylation sites is 1. The lowest BCUT2D eigenvalue weighted by Crippen LogP contribution is -2.34. The Hall–Kier alpha value is -3.04. The van der Waals surface area contributed by atoms with E-state index >= 15 is 0 Å². The molecule has 236 valence electrons. The minimum Gasteiger partial charge on any atom is -0.487 e. The van der Waals surface area contributed by atoms with E-state index in [-0.39, 0.29) is 25.8 Å². The van der Waals surface area contributed by atoms with Gasteiger partial charge in [-0.15, -0.1) is 15.9 Å². The summed E-state index contributed by atoms with van der Waals surface area (Å²) in [7, 11) is -1.73. The summed E-state index contributed by atoms with van der Waals surface area (Å²) in [6, 6.07) is 12.6. The van der Waals surface area contributed by atoms with E-state index in [1.807, 2.05) is 32.0 Å². The van der Waals surface area contributed by atoms with E-state index in [4.69, 9.17) is 18.9 Å². The number of carboxylic acid groups (broad SMARTS) is 1. The fourth-order valence-corrected chi connectivity index (χ4v) is 6.51. The molecule has 1 aliphatic rings. The number of aromatic nitrogens is 3. The minimum atomic E-state index is -3.35. The van der Waals surface area contributed by atoms with Gasteiger partial charge in [0.15, 0.2) is 0 Å². The Morgan fingerprint density at radius 3 is 2.70 bits per heavy atom. The number of fused-ring (bicyclic) bond motifs is 1. The molecular weight excluding hydrogens is 576 g/mol. The van der Waals surface area contributed by atoms with Crippen molar-refractivity contribution in [2.24, 2.45) is 5.41 Å². The van der Waals surface area contributed by atoms with Crippen molar-refractivity contribution in [2.75, 3.05) is 33.5 Å². The molecule has 2 aromatic carbocycles. The van der Waals surface area contributed by atoms with Crippen LogP contribution in [0.25, 0.3) is 0 Å². The van der Waals surface area contributed by atoms with Crippen LogP contribution in [-0.4, -0.2) is 79.1 Å².